The highest BCUT2D eigenvalue weighted by Gasteiger charge is 2.28. The van der Waals surface area contributed by atoms with Gasteiger partial charge in [-0.05, 0) is 50.4 Å². The van der Waals surface area contributed by atoms with Gasteiger partial charge in [-0.1, -0.05) is 18.2 Å². The number of nitrogens with one attached hydrogen (secondary N) is 1. The van der Waals surface area contributed by atoms with Gasteiger partial charge in [0.2, 0.25) is 5.91 Å². The summed E-state index contributed by atoms with van der Waals surface area (Å²) < 4.78 is 0. The quantitative estimate of drug-likeness (QED) is 0.946. The molecule has 4 nitrogen and oxygen atoms in total. The van der Waals surface area contributed by atoms with Gasteiger partial charge in [-0.2, -0.15) is 0 Å². The lowest BCUT2D eigenvalue weighted by atomic mass is 9.88. The standard InChI is InChI=1S/C18H25N3O/c1-13(18(22)20(2)3)21-10-8-14(9-11-21)16-12-19-17-7-5-4-6-15(16)17/h4-7,12-14,19H,8-11H2,1-3H3. The van der Waals surface area contributed by atoms with E-state index in [-0.39, 0.29) is 11.9 Å². The Hall–Kier alpha value is -1.81. The van der Waals surface area contributed by atoms with E-state index in [1.54, 1.807) is 4.90 Å². The van der Waals surface area contributed by atoms with Gasteiger partial charge in [-0.15, -0.1) is 0 Å². The number of para-hydroxylation sites is 1. The van der Waals surface area contributed by atoms with Crippen LogP contribution in [0.25, 0.3) is 10.9 Å². The molecular weight excluding hydrogens is 274 g/mol. The number of carbonyl (C=O) groups is 1. The normalized spacial score (nSPS) is 18.5. The van der Waals surface area contributed by atoms with Crippen LogP contribution in [0.4, 0.5) is 0 Å². The Morgan fingerprint density at radius 2 is 1.95 bits per heavy atom. The van der Waals surface area contributed by atoms with Gasteiger partial charge in [0, 0.05) is 31.2 Å². The van der Waals surface area contributed by atoms with Crippen LogP contribution in [0.5, 0.6) is 0 Å². The molecular formula is C18H25N3O. The molecule has 0 spiro atoms. The minimum Gasteiger partial charge on any atom is -0.361 e. The number of aromatic nitrogens is 1. The number of likely N-dealkylation sites (N-methyl/N-ethyl adjacent to an activating group) is 1. The summed E-state index contributed by atoms with van der Waals surface area (Å²) in [4.78, 5) is 19.5. The maximum absolute atomic E-state index is 12.1. The number of H-pyrrole nitrogens is 1. The highest BCUT2D eigenvalue weighted by molar-refractivity contribution is 5.83. The molecule has 22 heavy (non-hydrogen) atoms. The molecule has 0 saturated carbocycles. The molecule has 3 rings (SSSR count). The number of hydrogen-bond acceptors (Lipinski definition) is 2. The molecule has 1 aliphatic heterocycles. The molecule has 0 radical (unpaired) electrons. The fourth-order valence-electron chi connectivity index (χ4n) is 3.56. The summed E-state index contributed by atoms with van der Waals surface area (Å²) in [6, 6.07) is 8.49. The van der Waals surface area contributed by atoms with Gasteiger partial charge in [0.25, 0.3) is 0 Å². The topological polar surface area (TPSA) is 39.3 Å². The van der Waals surface area contributed by atoms with Crippen LogP contribution in [-0.2, 0) is 4.79 Å². The van der Waals surface area contributed by atoms with E-state index in [0.29, 0.717) is 5.92 Å². The average Bonchev–Trinajstić information content (AvgIpc) is 2.97. The van der Waals surface area contributed by atoms with E-state index < -0.39 is 0 Å². The Kier molecular flexibility index (Phi) is 4.21. The van der Waals surface area contributed by atoms with Crippen LogP contribution in [0.3, 0.4) is 0 Å². The van der Waals surface area contributed by atoms with Crippen molar-refractivity contribution in [2.24, 2.45) is 0 Å². The van der Waals surface area contributed by atoms with Gasteiger partial charge in [0.05, 0.1) is 6.04 Å². The van der Waals surface area contributed by atoms with Crippen LogP contribution < -0.4 is 0 Å². The van der Waals surface area contributed by atoms with Crippen molar-refractivity contribution in [2.75, 3.05) is 27.2 Å². The molecule has 4 heteroatoms. The van der Waals surface area contributed by atoms with Crippen molar-refractivity contribution in [1.29, 1.82) is 0 Å². The van der Waals surface area contributed by atoms with Gasteiger partial charge >= 0.3 is 0 Å². The van der Waals surface area contributed by atoms with Gasteiger partial charge in [0.1, 0.15) is 0 Å². The van der Waals surface area contributed by atoms with Crippen LogP contribution in [0.15, 0.2) is 30.5 Å². The minimum absolute atomic E-state index is 0.0149. The first kappa shape index (κ1) is 15.1. The Morgan fingerprint density at radius 3 is 2.64 bits per heavy atom. The molecule has 0 aliphatic carbocycles. The van der Waals surface area contributed by atoms with E-state index in [2.05, 4.69) is 40.3 Å². The number of aromatic amines is 1. The monoisotopic (exact) mass is 299 g/mol. The molecule has 2 heterocycles. The van der Waals surface area contributed by atoms with Crippen molar-refractivity contribution >= 4 is 16.8 Å². The molecule has 118 valence electrons. The van der Waals surface area contributed by atoms with Crippen LogP contribution in [-0.4, -0.2) is 53.9 Å². The molecule has 1 fully saturated rings. The van der Waals surface area contributed by atoms with Crippen LogP contribution in [0.1, 0.15) is 31.2 Å². The summed E-state index contributed by atoms with van der Waals surface area (Å²) in [7, 11) is 3.66. The summed E-state index contributed by atoms with van der Waals surface area (Å²) in [6.45, 7) is 4.00. The molecule has 2 aromatic rings. The molecule has 1 saturated heterocycles. The highest BCUT2D eigenvalue weighted by Crippen LogP contribution is 2.33. The lowest BCUT2D eigenvalue weighted by molar-refractivity contribution is -0.134. The third-order valence-electron chi connectivity index (χ3n) is 4.94. The number of hydrogen-bond donors (Lipinski definition) is 1. The van der Waals surface area contributed by atoms with E-state index in [4.69, 9.17) is 0 Å². The lowest BCUT2D eigenvalue weighted by Gasteiger charge is -2.36. The van der Waals surface area contributed by atoms with Gasteiger partial charge in [-0.3, -0.25) is 9.69 Å². The molecule has 1 aliphatic rings. The highest BCUT2D eigenvalue weighted by atomic mass is 16.2. The molecule has 1 atom stereocenters. The van der Waals surface area contributed by atoms with Crippen molar-refractivity contribution in [1.82, 2.24) is 14.8 Å². The lowest BCUT2D eigenvalue weighted by Crippen LogP contribution is -2.47. The van der Waals surface area contributed by atoms with E-state index in [0.717, 1.165) is 25.9 Å². The van der Waals surface area contributed by atoms with Gasteiger partial charge in [-0.25, -0.2) is 0 Å². The molecule has 1 N–H and O–H groups in total. The number of amides is 1. The fraction of sp³-hybridized carbons (Fsp3) is 0.500. The summed E-state index contributed by atoms with van der Waals surface area (Å²) in [5.41, 5.74) is 2.65. The predicted octanol–water partition coefficient (Wildman–Crippen LogP) is 2.82. The predicted molar refractivity (Wildman–Crippen MR) is 90.0 cm³/mol. The molecule has 1 aromatic carbocycles. The zero-order chi connectivity index (χ0) is 15.7. The number of carbonyl (C=O) groups excluding carboxylic acids is 1. The van der Waals surface area contributed by atoms with Crippen LogP contribution in [0.2, 0.25) is 0 Å². The Morgan fingerprint density at radius 1 is 1.27 bits per heavy atom. The molecule has 1 unspecified atom stereocenters. The fourth-order valence-corrected chi connectivity index (χ4v) is 3.56. The number of nitrogens with zero attached hydrogens (tertiary/aromatic N) is 2. The van der Waals surface area contributed by atoms with Crippen molar-refractivity contribution in [3.8, 4) is 0 Å². The van der Waals surface area contributed by atoms with E-state index in [9.17, 15) is 4.79 Å². The minimum atomic E-state index is -0.0149. The summed E-state index contributed by atoms with van der Waals surface area (Å²) in [5.74, 6) is 0.791. The van der Waals surface area contributed by atoms with Crippen molar-refractivity contribution in [3.05, 3.63) is 36.0 Å². The van der Waals surface area contributed by atoms with Gasteiger partial charge < -0.3 is 9.88 Å². The van der Waals surface area contributed by atoms with E-state index in [1.807, 2.05) is 21.0 Å². The van der Waals surface area contributed by atoms with Crippen molar-refractivity contribution < 1.29 is 4.79 Å². The van der Waals surface area contributed by atoms with Crippen LogP contribution >= 0.6 is 0 Å². The maximum Gasteiger partial charge on any atom is 0.239 e. The third kappa shape index (κ3) is 2.75. The average molecular weight is 299 g/mol. The molecule has 1 amide bonds. The second kappa shape index (κ2) is 6.13. The number of fused-ring (bicyclic) bond motifs is 1. The Labute approximate surface area is 132 Å². The van der Waals surface area contributed by atoms with Crippen LogP contribution in [0, 0.1) is 0 Å². The number of piperidine rings is 1. The van der Waals surface area contributed by atoms with Gasteiger partial charge in [0.15, 0.2) is 0 Å². The number of benzene rings is 1. The number of rotatable bonds is 3. The summed E-state index contributed by atoms with van der Waals surface area (Å²) in [5, 5.41) is 1.35. The molecule has 1 aromatic heterocycles. The summed E-state index contributed by atoms with van der Waals surface area (Å²) >= 11 is 0. The van der Waals surface area contributed by atoms with E-state index >= 15 is 0 Å². The maximum atomic E-state index is 12.1. The summed E-state index contributed by atoms with van der Waals surface area (Å²) in [6.07, 6.45) is 4.40. The first-order valence-corrected chi connectivity index (χ1v) is 8.09. The smallest absolute Gasteiger partial charge is 0.239 e. The third-order valence-corrected chi connectivity index (χ3v) is 4.94. The van der Waals surface area contributed by atoms with Crippen molar-refractivity contribution in [2.45, 2.75) is 31.7 Å². The zero-order valence-corrected chi connectivity index (χ0v) is 13.7. The van der Waals surface area contributed by atoms with E-state index in [1.165, 1.54) is 16.5 Å². The first-order chi connectivity index (χ1) is 10.6. The van der Waals surface area contributed by atoms with Crippen molar-refractivity contribution in [3.63, 3.8) is 0 Å². The largest absolute Gasteiger partial charge is 0.361 e. The second-order valence-electron chi connectivity index (χ2n) is 6.51. The number of likely N-dealkylation sites (tertiary alicyclic amines) is 1. The first-order valence-electron chi connectivity index (χ1n) is 8.09. The second-order valence-corrected chi connectivity index (χ2v) is 6.51. The molecule has 0 bridgehead atoms. The Balaban J connectivity index is 1.68. The Bertz CT molecular complexity index is 653. The zero-order valence-electron chi connectivity index (χ0n) is 13.7. The SMILES string of the molecule is CC(C(=O)N(C)C)N1CCC(c2c[nH]c3ccccc23)CC1.